The minimum Gasteiger partial charge on any atom is -0.455 e. The molecule has 0 fully saturated rings. The summed E-state index contributed by atoms with van der Waals surface area (Å²) in [6.45, 7) is 0. The van der Waals surface area contributed by atoms with Gasteiger partial charge in [0.25, 0.3) is 0 Å². The van der Waals surface area contributed by atoms with Crippen LogP contribution in [-0.2, 0) is 20.1 Å². The molecule has 4 aromatic carbocycles. The van der Waals surface area contributed by atoms with Gasteiger partial charge in [0.1, 0.15) is 22.3 Å². The maximum Gasteiger partial charge on any atom is 0.147 e. The molecular formula is C29H16IrNO2-. The van der Waals surface area contributed by atoms with Crippen molar-refractivity contribution in [1.29, 1.82) is 0 Å². The molecule has 159 valence electrons. The summed E-state index contributed by atoms with van der Waals surface area (Å²) >= 11 is 0. The van der Waals surface area contributed by atoms with Gasteiger partial charge >= 0.3 is 0 Å². The van der Waals surface area contributed by atoms with Gasteiger partial charge in [0.05, 0.1) is 5.39 Å². The maximum absolute atomic E-state index is 6.40. The van der Waals surface area contributed by atoms with Gasteiger partial charge in [-0.25, -0.2) is 0 Å². The number of hydrogen-bond acceptors (Lipinski definition) is 3. The summed E-state index contributed by atoms with van der Waals surface area (Å²) in [5.74, 6) is 0. The van der Waals surface area contributed by atoms with Gasteiger partial charge in [0, 0.05) is 48.0 Å². The molecular weight excluding hydrogens is 587 g/mol. The molecule has 0 N–H and O–H groups in total. The third-order valence-electron chi connectivity index (χ3n) is 6.05. The number of furan rings is 2. The van der Waals surface area contributed by atoms with E-state index in [9.17, 15) is 0 Å². The Morgan fingerprint density at radius 3 is 2.21 bits per heavy atom. The topological polar surface area (TPSA) is 39.2 Å². The van der Waals surface area contributed by atoms with Crippen molar-refractivity contribution in [3.63, 3.8) is 0 Å². The summed E-state index contributed by atoms with van der Waals surface area (Å²) in [5.41, 5.74) is 7.32. The van der Waals surface area contributed by atoms with E-state index in [4.69, 9.17) is 8.83 Å². The third kappa shape index (κ3) is 3.03. The van der Waals surface area contributed by atoms with Crippen LogP contribution < -0.4 is 0 Å². The molecule has 0 saturated heterocycles. The molecule has 7 aromatic rings. The van der Waals surface area contributed by atoms with Crippen LogP contribution in [-0.4, -0.2) is 4.98 Å². The predicted molar refractivity (Wildman–Crippen MR) is 129 cm³/mol. The Labute approximate surface area is 203 Å². The van der Waals surface area contributed by atoms with Crippen LogP contribution in [0.3, 0.4) is 0 Å². The third-order valence-corrected chi connectivity index (χ3v) is 6.05. The Morgan fingerprint density at radius 2 is 1.39 bits per heavy atom. The second-order valence-corrected chi connectivity index (χ2v) is 7.91. The van der Waals surface area contributed by atoms with Crippen LogP contribution in [0.2, 0.25) is 0 Å². The van der Waals surface area contributed by atoms with Crippen LogP contribution >= 0.6 is 0 Å². The van der Waals surface area contributed by atoms with E-state index in [2.05, 4.69) is 35.3 Å². The van der Waals surface area contributed by atoms with Crippen LogP contribution in [0.4, 0.5) is 0 Å². The van der Waals surface area contributed by atoms with Gasteiger partial charge in [-0.1, -0.05) is 42.5 Å². The van der Waals surface area contributed by atoms with Crippen molar-refractivity contribution in [2.24, 2.45) is 0 Å². The van der Waals surface area contributed by atoms with Crippen LogP contribution in [0.5, 0.6) is 0 Å². The second-order valence-electron chi connectivity index (χ2n) is 7.91. The van der Waals surface area contributed by atoms with Crippen LogP contribution in [0, 0.1) is 6.07 Å². The fourth-order valence-corrected chi connectivity index (χ4v) is 4.58. The zero-order chi connectivity index (χ0) is 21.1. The van der Waals surface area contributed by atoms with Crippen molar-refractivity contribution >= 4 is 43.9 Å². The number of pyridine rings is 1. The molecule has 0 bridgehead atoms. The molecule has 0 spiro atoms. The summed E-state index contributed by atoms with van der Waals surface area (Å²) in [6, 6.07) is 33.8. The Balaban J connectivity index is 0.00000206. The first-order valence-electron chi connectivity index (χ1n) is 10.6. The average Bonchev–Trinajstić information content (AvgIpc) is 3.42. The first kappa shape index (κ1) is 19.9. The second kappa shape index (κ2) is 7.70. The van der Waals surface area contributed by atoms with E-state index >= 15 is 0 Å². The van der Waals surface area contributed by atoms with E-state index in [1.54, 1.807) is 0 Å². The smallest absolute Gasteiger partial charge is 0.147 e. The van der Waals surface area contributed by atoms with Crippen LogP contribution in [0.15, 0.2) is 106 Å². The quantitative estimate of drug-likeness (QED) is 0.188. The van der Waals surface area contributed by atoms with Crippen molar-refractivity contribution in [2.45, 2.75) is 0 Å². The molecule has 0 aliphatic rings. The standard InChI is InChI=1S/C29H16NO2.Ir/c1-2-8-18(9-3-1)24-16-19(14-15-30-24)22-17-23-20-10-4-6-12-25(20)31-29(23)27-21-11-5-7-13-26(21)32-28(22)27;/h1-8,10-17H;/q-1;. The molecule has 33 heavy (non-hydrogen) atoms. The molecule has 0 amide bonds. The van der Waals surface area contributed by atoms with Gasteiger partial charge in [-0.2, -0.15) is 0 Å². The number of rotatable bonds is 2. The summed E-state index contributed by atoms with van der Waals surface area (Å²) in [6.07, 6.45) is 1.84. The molecule has 0 aliphatic heterocycles. The average molecular weight is 603 g/mol. The summed E-state index contributed by atoms with van der Waals surface area (Å²) in [5, 5.41) is 4.24. The van der Waals surface area contributed by atoms with E-state index in [1.165, 1.54) is 0 Å². The molecule has 7 rings (SSSR count). The van der Waals surface area contributed by atoms with Crippen molar-refractivity contribution in [1.82, 2.24) is 4.98 Å². The fourth-order valence-electron chi connectivity index (χ4n) is 4.58. The van der Waals surface area contributed by atoms with Gasteiger partial charge in [0.2, 0.25) is 0 Å². The Hall–Kier alpha value is -3.72. The van der Waals surface area contributed by atoms with Crippen LogP contribution in [0.25, 0.3) is 66.3 Å². The fraction of sp³-hybridized carbons (Fsp3) is 0. The number of para-hydroxylation sites is 2. The first-order valence-corrected chi connectivity index (χ1v) is 10.6. The van der Waals surface area contributed by atoms with E-state index in [0.717, 1.165) is 66.3 Å². The van der Waals surface area contributed by atoms with Crippen molar-refractivity contribution in [2.75, 3.05) is 0 Å². The van der Waals surface area contributed by atoms with Gasteiger partial charge in [-0.05, 0) is 35.5 Å². The molecule has 1 radical (unpaired) electrons. The zero-order valence-electron chi connectivity index (χ0n) is 17.3. The van der Waals surface area contributed by atoms with Gasteiger partial charge in [-0.3, -0.25) is 0 Å². The Bertz CT molecular complexity index is 1780. The van der Waals surface area contributed by atoms with Crippen molar-refractivity contribution in [3.05, 3.63) is 103 Å². The molecule has 4 heteroatoms. The number of benzene rings is 4. The minimum atomic E-state index is 0. The zero-order valence-corrected chi connectivity index (χ0v) is 19.7. The predicted octanol–water partition coefficient (Wildman–Crippen LogP) is 8.01. The maximum atomic E-state index is 6.40. The summed E-state index contributed by atoms with van der Waals surface area (Å²) in [7, 11) is 0. The van der Waals surface area contributed by atoms with Gasteiger partial charge in [0.15, 0.2) is 0 Å². The van der Waals surface area contributed by atoms with Gasteiger partial charge < -0.3 is 13.8 Å². The molecule has 0 atom stereocenters. The number of hydrogen-bond donors (Lipinski definition) is 0. The van der Waals surface area contributed by atoms with E-state index in [-0.39, 0.29) is 20.1 Å². The molecule has 3 nitrogen and oxygen atoms in total. The summed E-state index contributed by atoms with van der Waals surface area (Å²) in [4.78, 5) is 4.58. The SMILES string of the molecule is [Ir].[c-]1ccccc1-c1cc(-c2cc3c4ccccc4oc3c3c2oc2ccccc23)ccn1. The Kier molecular flexibility index (Phi) is 4.65. The monoisotopic (exact) mass is 603 g/mol. The van der Waals surface area contributed by atoms with E-state index < -0.39 is 0 Å². The molecule has 0 aliphatic carbocycles. The van der Waals surface area contributed by atoms with Crippen LogP contribution in [0.1, 0.15) is 0 Å². The molecule has 3 heterocycles. The van der Waals surface area contributed by atoms with Gasteiger partial charge in [-0.15, -0.1) is 35.9 Å². The van der Waals surface area contributed by atoms with Crippen molar-refractivity contribution in [3.8, 4) is 22.4 Å². The normalized spacial score (nSPS) is 11.4. The molecule has 0 unspecified atom stereocenters. The Morgan fingerprint density at radius 1 is 0.667 bits per heavy atom. The number of fused-ring (bicyclic) bond motifs is 7. The summed E-state index contributed by atoms with van der Waals surface area (Å²) < 4.78 is 12.7. The molecule has 0 saturated carbocycles. The number of aromatic nitrogens is 1. The molecule has 3 aromatic heterocycles. The number of nitrogens with zero attached hydrogens (tertiary/aromatic N) is 1. The van der Waals surface area contributed by atoms with E-state index in [0.29, 0.717) is 0 Å². The minimum absolute atomic E-state index is 0. The van der Waals surface area contributed by atoms with Crippen molar-refractivity contribution < 1.29 is 28.9 Å². The largest absolute Gasteiger partial charge is 0.455 e. The van der Waals surface area contributed by atoms with E-state index in [1.807, 2.05) is 72.9 Å². The first-order chi connectivity index (χ1) is 15.9.